The smallest absolute Gasteiger partial charge is 0.261 e. The SMILES string of the molecule is CC(C)C[C@@H](C(=O)N1CCOCC1)C(CCCCN1C(=O)c2ccccc2C1=O)C(=O)NO. The van der Waals surface area contributed by atoms with Crippen LogP contribution in [0.2, 0.25) is 0 Å². The molecule has 4 amide bonds. The lowest BCUT2D eigenvalue weighted by Gasteiger charge is -2.34. The summed E-state index contributed by atoms with van der Waals surface area (Å²) in [5, 5.41) is 9.34. The Hall–Kier alpha value is -2.78. The molecule has 2 aliphatic heterocycles. The Morgan fingerprint density at radius 3 is 2.18 bits per heavy atom. The van der Waals surface area contributed by atoms with Gasteiger partial charge in [-0.2, -0.15) is 0 Å². The van der Waals surface area contributed by atoms with E-state index in [2.05, 4.69) is 0 Å². The van der Waals surface area contributed by atoms with Crippen LogP contribution in [0.25, 0.3) is 0 Å². The third-order valence-corrected chi connectivity index (χ3v) is 6.32. The van der Waals surface area contributed by atoms with Crippen molar-refractivity contribution in [1.29, 1.82) is 0 Å². The number of fused-ring (bicyclic) bond motifs is 1. The summed E-state index contributed by atoms with van der Waals surface area (Å²) in [6.45, 7) is 6.15. The minimum atomic E-state index is -0.699. The molecule has 9 nitrogen and oxygen atoms in total. The molecule has 1 fully saturated rings. The molecule has 0 bridgehead atoms. The van der Waals surface area contributed by atoms with Crippen LogP contribution in [0.4, 0.5) is 0 Å². The third kappa shape index (κ3) is 5.78. The van der Waals surface area contributed by atoms with E-state index >= 15 is 0 Å². The number of rotatable bonds is 10. The van der Waals surface area contributed by atoms with Crippen LogP contribution >= 0.6 is 0 Å². The second kappa shape index (κ2) is 11.4. The van der Waals surface area contributed by atoms with Gasteiger partial charge in [-0.3, -0.25) is 29.3 Å². The summed E-state index contributed by atoms with van der Waals surface area (Å²) in [6.07, 6.45) is 1.91. The van der Waals surface area contributed by atoms with Gasteiger partial charge in [-0.15, -0.1) is 0 Å². The summed E-state index contributed by atoms with van der Waals surface area (Å²) in [6, 6.07) is 6.74. The highest BCUT2D eigenvalue weighted by Gasteiger charge is 2.37. The standard InChI is InChI=1S/C24H33N3O6/c1-16(2)15-20(22(29)26-11-13-33-14-12-26)17(21(28)25-32)7-5-6-10-27-23(30)18-8-3-4-9-19(18)24(27)31/h3-4,8-9,16-17,20,32H,5-7,10-15H2,1-2H3,(H,25,28)/t17?,20-/m1/s1. The number of nitrogens with one attached hydrogen (secondary N) is 1. The molecule has 180 valence electrons. The summed E-state index contributed by atoms with van der Waals surface area (Å²) < 4.78 is 5.34. The molecule has 1 aromatic rings. The summed E-state index contributed by atoms with van der Waals surface area (Å²) in [5.74, 6) is -2.36. The second-order valence-electron chi connectivity index (χ2n) is 9.06. The van der Waals surface area contributed by atoms with Crippen LogP contribution in [-0.2, 0) is 14.3 Å². The van der Waals surface area contributed by atoms with Gasteiger partial charge in [0.25, 0.3) is 11.8 Å². The van der Waals surface area contributed by atoms with E-state index in [9.17, 15) is 24.4 Å². The Morgan fingerprint density at radius 2 is 1.64 bits per heavy atom. The van der Waals surface area contributed by atoms with Gasteiger partial charge in [0.05, 0.1) is 36.2 Å². The third-order valence-electron chi connectivity index (χ3n) is 6.32. The van der Waals surface area contributed by atoms with Gasteiger partial charge in [-0.05, 0) is 37.3 Å². The number of carbonyl (C=O) groups excluding carboxylic acids is 4. The zero-order chi connectivity index (χ0) is 24.0. The number of morpholine rings is 1. The van der Waals surface area contributed by atoms with E-state index in [4.69, 9.17) is 4.74 Å². The predicted octanol–water partition coefficient (Wildman–Crippen LogP) is 2.10. The summed E-state index contributed by atoms with van der Waals surface area (Å²) in [7, 11) is 0. The normalized spacial score (nSPS) is 17.8. The number of hydrogen-bond acceptors (Lipinski definition) is 6. The van der Waals surface area contributed by atoms with Gasteiger partial charge in [0, 0.05) is 19.6 Å². The summed E-state index contributed by atoms with van der Waals surface area (Å²) in [4.78, 5) is 53.8. The van der Waals surface area contributed by atoms with Crippen LogP contribution in [0.3, 0.4) is 0 Å². The molecule has 9 heteroatoms. The molecular weight excluding hydrogens is 426 g/mol. The van der Waals surface area contributed by atoms with E-state index < -0.39 is 17.7 Å². The molecule has 2 heterocycles. The predicted molar refractivity (Wildman–Crippen MR) is 119 cm³/mol. The molecule has 0 aliphatic carbocycles. The van der Waals surface area contributed by atoms with Crippen LogP contribution < -0.4 is 5.48 Å². The Kier molecular flexibility index (Phi) is 8.57. The molecule has 0 radical (unpaired) electrons. The van der Waals surface area contributed by atoms with Gasteiger partial charge in [0.15, 0.2) is 0 Å². The van der Waals surface area contributed by atoms with Crippen molar-refractivity contribution in [2.75, 3.05) is 32.8 Å². The van der Waals surface area contributed by atoms with Crippen molar-refractivity contribution in [2.45, 2.75) is 39.5 Å². The number of imide groups is 1. The van der Waals surface area contributed by atoms with Gasteiger partial charge in [-0.25, -0.2) is 5.48 Å². The van der Waals surface area contributed by atoms with E-state index in [0.717, 1.165) is 0 Å². The maximum absolute atomic E-state index is 13.3. The number of carbonyl (C=O) groups is 4. The van der Waals surface area contributed by atoms with Crippen LogP contribution in [-0.4, -0.2) is 71.5 Å². The first-order valence-corrected chi connectivity index (χ1v) is 11.6. The number of benzene rings is 1. The topological polar surface area (TPSA) is 116 Å². The molecule has 0 saturated carbocycles. The van der Waals surface area contributed by atoms with Gasteiger partial charge >= 0.3 is 0 Å². The number of ether oxygens (including phenoxy) is 1. The fourth-order valence-electron chi connectivity index (χ4n) is 4.64. The van der Waals surface area contributed by atoms with Crippen LogP contribution in [0.15, 0.2) is 24.3 Å². The van der Waals surface area contributed by atoms with Crippen molar-refractivity contribution in [3.8, 4) is 0 Å². The average molecular weight is 460 g/mol. The summed E-state index contributed by atoms with van der Waals surface area (Å²) in [5.41, 5.74) is 2.55. The summed E-state index contributed by atoms with van der Waals surface area (Å²) >= 11 is 0. The van der Waals surface area contributed by atoms with Crippen LogP contribution in [0.5, 0.6) is 0 Å². The lowest BCUT2D eigenvalue weighted by atomic mass is 9.80. The zero-order valence-corrected chi connectivity index (χ0v) is 19.3. The highest BCUT2D eigenvalue weighted by atomic mass is 16.5. The van der Waals surface area contributed by atoms with E-state index in [1.165, 1.54) is 4.90 Å². The van der Waals surface area contributed by atoms with Crippen LogP contribution in [0, 0.1) is 17.8 Å². The molecule has 1 aromatic carbocycles. The Morgan fingerprint density at radius 1 is 1.03 bits per heavy atom. The van der Waals surface area contributed by atoms with E-state index in [1.54, 1.807) is 34.6 Å². The van der Waals surface area contributed by atoms with E-state index in [1.807, 2.05) is 13.8 Å². The molecule has 1 saturated heterocycles. The lowest BCUT2D eigenvalue weighted by Crippen LogP contribution is -2.48. The fraction of sp³-hybridized carbons (Fsp3) is 0.583. The van der Waals surface area contributed by atoms with Crippen molar-refractivity contribution in [3.05, 3.63) is 35.4 Å². The number of nitrogens with zero attached hydrogens (tertiary/aromatic N) is 2. The highest BCUT2D eigenvalue weighted by molar-refractivity contribution is 6.21. The lowest BCUT2D eigenvalue weighted by molar-refractivity contribution is -0.148. The van der Waals surface area contributed by atoms with Crippen molar-refractivity contribution in [2.24, 2.45) is 17.8 Å². The number of amides is 4. The molecule has 1 unspecified atom stereocenters. The molecular formula is C24H33N3O6. The Labute approximate surface area is 194 Å². The monoisotopic (exact) mass is 459 g/mol. The largest absolute Gasteiger partial charge is 0.378 e. The molecule has 0 spiro atoms. The first kappa shape index (κ1) is 24.9. The van der Waals surface area contributed by atoms with E-state index in [0.29, 0.717) is 63.1 Å². The molecule has 3 rings (SSSR count). The van der Waals surface area contributed by atoms with Gasteiger partial charge in [0.1, 0.15) is 0 Å². The van der Waals surface area contributed by atoms with Crippen molar-refractivity contribution < 1.29 is 29.1 Å². The zero-order valence-electron chi connectivity index (χ0n) is 19.3. The van der Waals surface area contributed by atoms with Crippen molar-refractivity contribution in [1.82, 2.24) is 15.3 Å². The quantitative estimate of drug-likeness (QED) is 0.240. The molecule has 2 N–H and O–H groups in total. The van der Waals surface area contributed by atoms with Gasteiger partial charge in [0.2, 0.25) is 11.8 Å². The van der Waals surface area contributed by atoms with Crippen LogP contribution in [0.1, 0.15) is 60.2 Å². The average Bonchev–Trinajstić information content (AvgIpc) is 3.07. The number of hydrogen-bond donors (Lipinski definition) is 2. The Bertz CT molecular complexity index is 846. The van der Waals surface area contributed by atoms with Gasteiger partial charge < -0.3 is 9.64 Å². The second-order valence-corrected chi connectivity index (χ2v) is 9.06. The van der Waals surface area contributed by atoms with Crippen molar-refractivity contribution >= 4 is 23.6 Å². The molecule has 2 atom stereocenters. The molecule has 33 heavy (non-hydrogen) atoms. The Balaban J connectivity index is 1.63. The minimum absolute atomic E-state index is 0.0963. The maximum atomic E-state index is 13.3. The molecule has 0 aromatic heterocycles. The fourth-order valence-corrected chi connectivity index (χ4v) is 4.64. The number of hydroxylamine groups is 1. The molecule has 2 aliphatic rings. The minimum Gasteiger partial charge on any atom is -0.378 e. The first-order chi connectivity index (χ1) is 15.8. The first-order valence-electron chi connectivity index (χ1n) is 11.6. The van der Waals surface area contributed by atoms with E-state index in [-0.39, 0.29) is 30.2 Å². The highest BCUT2D eigenvalue weighted by Crippen LogP contribution is 2.29. The van der Waals surface area contributed by atoms with Gasteiger partial charge in [-0.1, -0.05) is 32.4 Å². The van der Waals surface area contributed by atoms with Crippen molar-refractivity contribution in [3.63, 3.8) is 0 Å². The maximum Gasteiger partial charge on any atom is 0.261 e. The number of unbranched alkanes of at least 4 members (excludes halogenated alkanes) is 1.